The van der Waals surface area contributed by atoms with Gasteiger partial charge < -0.3 is 9.47 Å². The van der Waals surface area contributed by atoms with Crippen molar-refractivity contribution in [1.29, 1.82) is 21.0 Å². The van der Waals surface area contributed by atoms with Crippen LogP contribution in [0.2, 0.25) is 0 Å². The Hall–Kier alpha value is -6.54. The minimum absolute atomic E-state index is 0.882. The number of benzene rings is 4. The zero-order valence-electron chi connectivity index (χ0n) is 21.9. The van der Waals surface area contributed by atoms with Gasteiger partial charge >= 0.3 is 0 Å². The third-order valence-electron chi connectivity index (χ3n) is 6.11. The van der Waals surface area contributed by atoms with Gasteiger partial charge in [-0.2, -0.15) is 47.4 Å². The van der Waals surface area contributed by atoms with Gasteiger partial charge in [-0.15, -0.1) is 0 Å². The van der Waals surface area contributed by atoms with Crippen LogP contribution in [0.4, 0.5) is 61.5 Å². The highest BCUT2D eigenvalue weighted by molar-refractivity contribution is 5.70. The van der Waals surface area contributed by atoms with E-state index in [9.17, 15) is 61.5 Å². The molecule has 4 aromatic rings. The van der Waals surface area contributed by atoms with Crippen LogP contribution in [0.1, 0.15) is 22.3 Å². The SMILES string of the molecule is N#Cc1c(F)c(F)c(Oc2c(F)c(F)c(-c3c(F)c(F)c(Oc4c(F)c(F)c(C#N)c(C#N)c4F)c(F)c3F)c(F)c2F)c(F)c1C#N. The normalized spacial score (nSPS) is 10.6. The quantitative estimate of drug-likeness (QED) is 0.154. The Morgan fingerprint density at radius 2 is 0.458 bits per heavy atom. The molecular formula is C28F14N4O2. The predicted molar refractivity (Wildman–Crippen MR) is 123 cm³/mol. The summed E-state index contributed by atoms with van der Waals surface area (Å²) in [5.74, 6) is -47.9. The number of rotatable bonds is 5. The van der Waals surface area contributed by atoms with Gasteiger partial charge in [-0.05, 0) is 0 Å². The number of nitriles is 4. The lowest BCUT2D eigenvalue weighted by molar-refractivity contribution is 0.330. The Bertz CT molecular complexity index is 2080. The predicted octanol–water partition coefficient (Wildman–Crippen LogP) is 8.37. The van der Waals surface area contributed by atoms with Crippen molar-refractivity contribution < 1.29 is 70.9 Å². The maximum absolute atomic E-state index is 15.0. The van der Waals surface area contributed by atoms with Gasteiger partial charge in [0.15, 0.2) is 46.5 Å². The second-order valence-corrected chi connectivity index (χ2v) is 8.61. The van der Waals surface area contributed by atoms with Crippen LogP contribution in [-0.2, 0) is 0 Å². The van der Waals surface area contributed by atoms with Crippen molar-refractivity contribution in [3.05, 3.63) is 104 Å². The second kappa shape index (κ2) is 12.3. The summed E-state index contributed by atoms with van der Waals surface area (Å²) in [6.45, 7) is 0. The molecule has 0 radical (unpaired) electrons. The van der Waals surface area contributed by atoms with Crippen LogP contribution in [0.3, 0.4) is 0 Å². The lowest BCUT2D eigenvalue weighted by Gasteiger charge is -2.17. The molecular weight excluding hydrogens is 690 g/mol. The van der Waals surface area contributed by atoms with E-state index in [0.717, 1.165) is 24.3 Å². The standard InChI is InChI=1S/C28F14N4O2/c29-11-5(1-43)7(3-45)13(31)25(19(11)37)47-27-21(39)15(33)9(16(34)22(27)40)10-17(35)23(41)28(24(42)18(10)36)48-26-14(32)8(4-46)6(2-44)12(30)20(26)38. The van der Waals surface area contributed by atoms with Crippen molar-refractivity contribution in [2.75, 3.05) is 0 Å². The molecule has 0 aliphatic rings. The first-order chi connectivity index (χ1) is 22.5. The number of ether oxygens (including phenoxy) is 2. The summed E-state index contributed by atoms with van der Waals surface area (Å²) in [5, 5.41) is 35.4. The highest BCUT2D eigenvalue weighted by Crippen LogP contribution is 2.45. The van der Waals surface area contributed by atoms with E-state index in [0.29, 0.717) is 0 Å². The molecule has 0 atom stereocenters. The largest absolute Gasteiger partial charge is 0.445 e. The van der Waals surface area contributed by atoms with E-state index in [1.165, 1.54) is 0 Å². The molecule has 0 amide bonds. The summed E-state index contributed by atoms with van der Waals surface area (Å²) in [5.41, 5.74) is -11.6. The van der Waals surface area contributed by atoms with Crippen LogP contribution < -0.4 is 9.47 Å². The van der Waals surface area contributed by atoms with E-state index in [4.69, 9.17) is 21.0 Å². The molecule has 0 unspecified atom stereocenters. The van der Waals surface area contributed by atoms with Gasteiger partial charge in [-0.25, -0.2) is 35.1 Å². The first kappa shape index (κ1) is 34.3. The summed E-state index contributed by atoms with van der Waals surface area (Å²) in [4.78, 5) is 0. The number of hydrogen-bond acceptors (Lipinski definition) is 6. The number of halogens is 14. The van der Waals surface area contributed by atoms with Crippen molar-refractivity contribution >= 4 is 0 Å². The van der Waals surface area contributed by atoms with Crippen molar-refractivity contribution in [3.63, 3.8) is 0 Å². The molecule has 0 aromatic heterocycles. The van der Waals surface area contributed by atoms with Crippen LogP contribution in [0.5, 0.6) is 23.0 Å². The third-order valence-corrected chi connectivity index (χ3v) is 6.11. The molecule has 0 N–H and O–H groups in total. The maximum Gasteiger partial charge on any atom is 0.205 e. The molecule has 0 saturated heterocycles. The van der Waals surface area contributed by atoms with Crippen LogP contribution >= 0.6 is 0 Å². The fourth-order valence-corrected chi connectivity index (χ4v) is 3.92. The van der Waals surface area contributed by atoms with Gasteiger partial charge in [-0.3, -0.25) is 0 Å². The molecule has 0 aliphatic carbocycles. The maximum atomic E-state index is 15.0. The van der Waals surface area contributed by atoms with E-state index in [1.807, 2.05) is 0 Å². The molecule has 0 saturated carbocycles. The summed E-state index contributed by atoms with van der Waals surface area (Å²) in [6, 6.07) is 3.54. The smallest absolute Gasteiger partial charge is 0.205 e. The van der Waals surface area contributed by atoms with Gasteiger partial charge in [0.1, 0.15) is 46.5 Å². The van der Waals surface area contributed by atoms with Crippen molar-refractivity contribution in [1.82, 2.24) is 0 Å². The summed E-state index contributed by atoms with van der Waals surface area (Å²) in [6.07, 6.45) is 0. The summed E-state index contributed by atoms with van der Waals surface area (Å²) >= 11 is 0. The van der Waals surface area contributed by atoms with Crippen LogP contribution in [-0.4, -0.2) is 0 Å². The van der Waals surface area contributed by atoms with Crippen LogP contribution in [0.25, 0.3) is 11.1 Å². The molecule has 0 fully saturated rings. The lowest BCUT2D eigenvalue weighted by atomic mass is 10.0. The fourth-order valence-electron chi connectivity index (χ4n) is 3.92. The van der Waals surface area contributed by atoms with E-state index in [-0.39, 0.29) is 0 Å². The second-order valence-electron chi connectivity index (χ2n) is 8.61. The minimum atomic E-state index is -3.01. The first-order valence-corrected chi connectivity index (χ1v) is 11.6. The number of nitrogens with zero attached hydrogens (tertiary/aromatic N) is 4. The van der Waals surface area contributed by atoms with E-state index in [2.05, 4.69) is 9.47 Å². The summed E-state index contributed by atoms with van der Waals surface area (Å²) in [7, 11) is 0. The van der Waals surface area contributed by atoms with Gasteiger partial charge in [0.05, 0.1) is 11.1 Å². The molecule has 4 rings (SSSR count). The monoisotopic (exact) mass is 690 g/mol. The molecule has 6 nitrogen and oxygen atoms in total. The summed E-state index contributed by atoms with van der Waals surface area (Å²) < 4.78 is 214. The highest BCUT2D eigenvalue weighted by Gasteiger charge is 2.38. The number of hydrogen-bond donors (Lipinski definition) is 0. The van der Waals surface area contributed by atoms with Gasteiger partial charge in [-0.1, -0.05) is 0 Å². The van der Waals surface area contributed by atoms with E-state index >= 15 is 0 Å². The minimum Gasteiger partial charge on any atom is -0.445 e. The third kappa shape index (κ3) is 4.87. The Kier molecular flexibility index (Phi) is 8.83. The van der Waals surface area contributed by atoms with Crippen molar-refractivity contribution in [2.45, 2.75) is 0 Å². The van der Waals surface area contributed by atoms with Crippen LogP contribution in [0, 0.1) is 127 Å². The Balaban J connectivity index is 1.94. The Morgan fingerprint density at radius 3 is 0.688 bits per heavy atom. The van der Waals surface area contributed by atoms with Gasteiger partial charge in [0, 0.05) is 0 Å². The van der Waals surface area contributed by atoms with Gasteiger partial charge in [0.2, 0.25) is 57.9 Å². The zero-order chi connectivity index (χ0) is 36.1. The topological polar surface area (TPSA) is 114 Å². The zero-order valence-corrected chi connectivity index (χ0v) is 21.9. The molecule has 0 heterocycles. The molecule has 20 heteroatoms. The Labute approximate surface area is 254 Å². The first-order valence-electron chi connectivity index (χ1n) is 11.6. The fraction of sp³-hybridized carbons (Fsp3) is 0. The van der Waals surface area contributed by atoms with E-state index in [1.54, 1.807) is 0 Å². The lowest BCUT2D eigenvalue weighted by Crippen LogP contribution is -2.11. The molecule has 0 bridgehead atoms. The van der Waals surface area contributed by atoms with Crippen LogP contribution in [0.15, 0.2) is 0 Å². The Morgan fingerprint density at radius 1 is 0.271 bits per heavy atom. The molecule has 0 aliphatic heterocycles. The molecule has 0 spiro atoms. The van der Waals surface area contributed by atoms with Gasteiger partial charge in [0.25, 0.3) is 0 Å². The average Bonchev–Trinajstić information content (AvgIpc) is 3.06. The highest BCUT2D eigenvalue weighted by atomic mass is 19.2. The molecule has 48 heavy (non-hydrogen) atoms. The molecule has 242 valence electrons. The molecule has 4 aromatic carbocycles. The average molecular weight is 690 g/mol. The van der Waals surface area contributed by atoms with Crippen molar-refractivity contribution in [3.8, 4) is 58.4 Å². The van der Waals surface area contributed by atoms with Crippen molar-refractivity contribution in [2.24, 2.45) is 0 Å². The van der Waals surface area contributed by atoms with E-state index < -0.39 is 138 Å².